The Morgan fingerprint density at radius 2 is 2.20 bits per heavy atom. The molecule has 6 heteroatoms. The zero-order valence-electron chi connectivity index (χ0n) is 10.9. The second-order valence-electron chi connectivity index (χ2n) is 4.40. The van der Waals surface area contributed by atoms with E-state index in [0.717, 1.165) is 11.3 Å². The number of rotatable bonds is 5. The summed E-state index contributed by atoms with van der Waals surface area (Å²) in [6, 6.07) is 11.0. The lowest BCUT2D eigenvalue weighted by Crippen LogP contribution is -2.19. The lowest BCUT2D eigenvalue weighted by atomic mass is 10.1. The average molecular weight is 336 g/mol. The second kappa shape index (κ2) is 6.58. The van der Waals surface area contributed by atoms with E-state index in [2.05, 4.69) is 26.2 Å². The van der Waals surface area contributed by atoms with Crippen LogP contribution >= 0.6 is 15.9 Å². The predicted molar refractivity (Wildman–Crippen MR) is 80.3 cm³/mol. The van der Waals surface area contributed by atoms with Crippen molar-refractivity contribution in [3.63, 3.8) is 0 Å². The minimum Gasteiger partial charge on any atom is -0.305 e. The van der Waals surface area contributed by atoms with Gasteiger partial charge >= 0.3 is 0 Å². The summed E-state index contributed by atoms with van der Waals surface area (Å²) in [4.78, 5) is 14.8. The number of halogens is 1. The molecule has 0 amide bonds. The predicted octanol–water partition coefficient (Wildman–Crippen LogP) is 3.60. The van der Waals surface area contributed by atoms with Crippen LogP contribution in [0, 0.1) is 10.1 Å². The van der Waals surface area contributed by atoms with Crippen LogP contribution in [0.1, 0.15) is 24.2 Å². The molecular formula is C14H14BrN3O2. The van der Waals surface area contributed by atoms with Crippen molar-refractivity contribution in [2.45, 2.75) is 19.5 Å². The monoisotopic (exact) mass is 335 g/mol. The number of nitro benzene ring substituents is 1. The van der Waals surface area contributed by atoms with Crippen molar-refractivity contribution in [2.75, 3.05) is 0 Å². The maximum Gasteiger partial charge on any atom is 0.283 e. The van der Waals surface area contributed by atoms with Gasteiger partial charge in [0.15, 0.2) is 0 Å². The van der Waals surface area contributed by atoms with Crippen LogP contribution < -0.4 is 5.32 Å². The number of hydrogen-bond acceptors (Lipinski definition) is 4. The van der Waals surface area contributed by atoms with E-state index in [0.29, 0.717) is 11.0 Å². The molecule has 2 aromatic rings. The van der Waals surface area contributed by atoms with Gasteiger partial charge in [-0.15, -0.1) is 0 Å². The Morgan fingerprint density at radius 3 is 2.85 bits per heavy atom. The van der Waals surface area contributed by atoms with Crippen molar-refractivity contribution in [1.82, 2.24) is 10.3 Å². The minimum atomic E-state index is -0.393. The van der Waals surface area contributed by atoms with Crippen molar-refractivity contribution < 1.29 is 4.92 Å². The summed E-state index contributed by atoms with van der Waals surface area (Å²) in [6.45, 7) is 2.56. The van der Waals surface area contributed by atoms with Crippen molar-refractivity contribution in [3.05, 3.63) is 68.4 Å². The van der Waals surface area contributed by atoms with Gasteiger partial charge in [-0.3, -0.25) is 15.1 Å². The fraction of sp³-hybridized carbons (Fsp3) is 0.214. The maximum atomic E-state index is 10.9. The zero-order chi connectivity index (χ0) is 14.5. The third-order valence-electron chi connectivity index (χ3n) is 2.95. The van der Waals surface area contributed by atoms with Crippen molar-refractivity contribution in [3.8, 4) is 0 Å². The van der Waals surface area contributed by atoms with Crippen LogP contribution in [-0.4, -0.2) is 9.91 Å². The van der Waals surface area contributed by atoms with Crippen LogP contribution in [0.3, 0.4) is 0 Å². The van der Waals surface area contributed by atoms with E-state index in [9.17, 15) is 10.1 Å². The molecule has 0 aliphatic rings. The first-order valence-corrected chi connectivity index (χ1v) is 6.94. The molecular weight excluding hydrogens is 322 g/mol. The van der Waals surface area contributed by atoms with Gasteiger partial charge in [-0.2, -0.15) is 0 Å². The molecule has 20 heavy (non-hydrogen) atoms. The van der Waals surface area contributed by atoms with E-state index >= 15 is 0 Å². The quantitative estimate of drug-likeness (QED) is 0.669. The Bertz CT molecular complexity index is 605. The third-order valence-corrected chi connectivity index (χ3v) is 3.62. The molecule has 1 N–H and O–H groups in total. The number of pyridine rings is 1. The van der Waals surface area contributed by atoms with Gasteiger partial charge in [0.1, 0.15) is 0 Å². The second-order valence-corrected chi connectivity index (χ2v) is 5.25. The summed E-state index contributed by atoms with van der Waals surface area (Å²) in [5, 5.41) is 14.2. The van der Waals surface area contributed by atoms with Crippen LogP contribution in [0.4, 0.5) is 5.69 Å². The molecule has 0 aliphatic carbocycles. The van der Waals surface area contributed by atoms with Gasteiger partial charge in [0.25, 0.3) is 5.69 Å². The molecule has 0 bridgehead atoms. The van der Waals surface area contributed by atoms with Crippen LogP contribution in [0.5, 0.6) is 0 Å². The van der Waals surface area contributed by atoms with Crippen LogP contribution in [0.2, 0.25) is 0 Å². The van der Waals surface area contributed by atoms with E-state index < -0.39 is 4.92 Å². The number of hydrogen-bond donors (Lipinski definition) is 1. The van der Waals surface area contributed by atoms with Gasteiger partial charge < -0.3 is 5.32 Å². The van der Waals surface area contributed by atoms with Crippen molar-refractivity contribution >= 4 is 21.6 Å². The SMILES string of the molecule is CC(NCc1ccc(Br)c([N+](=O)[O-])c1)c1ccccn1. The highest BCUT2D eigenvalue weighted by molar-refractivity contribution is 9.10. The van der Waals surface area contributed by atoms with E-state index in [1.54, 1.807) is 18.3 Å². The van der Waals surface area contributed by atoms with Gasteiger partial charge in [-0.1, -0.05) is 12.1 Å². The molecule has 0 saturated heterocycles. The van der Waals surface area contributed by atoms with Crippen molar-refractivity contribution in [2.24, 2.45) is 0 Å². The number of benzene rings is 1. The standard InChI is InChI=1S/C14H14BrN3O2/c1-10(13-4-2-3-7-16-13)17-9-11-5-6-12(15)14(8-11)18(19)20/h2-8,10,17H,9H2,1H3. The Morgan fingerprint density at radius 1 is 1.40 bits per heavy atom. The van der Waals surface area contributed by atoms with E-state index in [-0.39, 0.29) is 11.7 Å². The lowest BCUT2D eigenvalue weighted by Gasteiger charge is -2.13. The smallest absolute Gasteiger partial charge is 0.283 e. The van der Waals surface area contributed by atoms with Gasteiger partial charge in [-0.25, -0.2) is 0 Å². The maximum absolute atomic E-state index is 10.9. The highest BCUT2D eigenvalue weighted by Gasteiger charge is 2.13. The molecule has 104 valence electrons. The number of nitrogens with one attached hydrogen (secondary N) is 1. The van der Waals surface area contributed by atoms with E-state index in [4.69, 9.17) is 0 Å². The molecule has 5 nitrogen and oxygen atoms in total. The normalized spacial score (nSPS) is 12.1. The van der Waals surface area contributed by atoms with Gasteiger partial charge in [0, 0.05) is 24.8 Å². The molecule has 1 heterocycles. The molecule has 1 aromatic carbocycles. The molecule has 0 saturated carbocycles. The summed E-state index contributed by atoms with van der Waals surface area (Å²) in [7, 11) is 0. The first kappa shape index (κ1) is 14.6. The summed E-state index contributed by atoms with van der Waals surface area (Å²) in [6.07, 6.45) is 1.75. The van der Waals surface area contributed by atoms with Crippen LogP contribution in [-0.2, 0) is 6.54 Å². The summed E-state index contributed by atoms with van der Waals surface area (Å²) < 4.78 is 0.490. The summed E-state index contributed by atoms with van der Waals surface area (Å²) in [5.74, 6) is 0. The minimum absolute atomic E-state index is 0.0785. The first-order chi connectivity index (χ1) is 9.58. The molecule has 0 aliphatic heterocycles. The molecule has 1 unspecified atom stereocenters. The highest BCUT2D eigenvalue weighted by atomic mass is 79.9. The lowest BCUT2D eigenvalue weighted by molar-refractivity contribution is -0.385. The Kier molecular flexibility index (Phi) is 4.81. The number of nitrogens with zero attached hydrogens (tertiary/aromatic N) is 2. The summed E-state index contributed by atoms with van der Waals surface area (Å²) >= 11 is 3.18. The number of aromatic nitrogens is 1. The van der Waals surface area contributed by atoms with Crippen LogP contribution in [0.15, 0.2) is 47.1 Å². The molecule has 1 aromatic heterocycles. The van der Waals surface area contributed by atoms with E-state index in [1.165, 1.54) is 0 Å². The van der Waals surface area contributed by atoms with Gasteiger partial charge in [0.2, 0.25) is 0 Å². The first-order valence-electron chi connectivity index (χ1n) is 6.15. The van der Waals surface area contributed by atoms with E-state index in [1.807, 2.05) is 31.2 Å². The van der Waals surface area contributed by atoms with Crippen molar-refractivity contribution in [1.29, 1.82) is 0 Å². The van der Waals surface area contributed by atoms with Crippen LogP contribution in [0.25, 0.3) is 0 Å². The molecule has 1 atom stereocenters. The van der Waals surface area contributed by atoms with Gasteiger partial charge in [-0.05, 0) is 46.6 Å². The molecule has 0 spiro atoms. The molecule has 2 rings (SSSR count). The van der Waals surface area contributed by atoms with Gasteiger partial charge in [0.05, 0.1) is 15.1 Å². The fourth-order valence-electron chi connectivity index (χ4n) is 1.82. The fourth-order valence-corrected chi connectivity index (χ4v) is 2.21. The Hall–Kier alpha value is -1.79. The summed E-state index contributed by atoms with van der Waals surface area (Å²) in [5.41, 5.74) is 1.89. The highest BCUT2D eigenvalue weighted by Crippen LogP contribution is 2.25. The third kappa shape index (κ3) is 3.61. The molecule has 0 fully saturated rings. The number of nitro groups is 1. The Labute approximate surface area is 125 Å². The zero-order valence-corrected chi connectivity index (χ0v) is 12.5. The Balaban J connectivity index is 2.04. The average Bonchev–Trinajstić information content (AvgIpc) is 2.46. The topological polar surface area (TPSA) is 68.1 Å². The molecule has 0 radical (unpaired) electrons. The largest absolute Gasteiger partial charge is 0.305 e.